The van der Waals surface area contributed by atoms with E-state index in [1.807, 2.05) is 13.0 Å². The Hall–Kier alpha value is -2.76. The van der Waals surface area contributed by atoms with E-state index in [1.54, 1.807) is 12.3 Å². The Bertz CT molecular complexity index is 750. The third-order valence-corrected chi connectivity index (χ3v) is 2.85. The molecule has 0 aliphatic rings. The molecule has 5 nitrogen and oxygen atoms in total. The molecule has 1 N–H and O–H groups in total. The quantitative estimate of drug-likeness (QED) is 0.775. The lowest BCUT2D eigenvalue weighted by Crippen LogP contribution is -1.90. The SMILES string of the molecule is Cc1cccnc1-c1noc(-c2c(O)cccc2F)n1. The van der Waals surface area contributed by atoms with Crippen LogP contribution >= 0.6 is 0 Å². The largest absolute Gasteiger partial charge is 0.507 e. The zero-order valence-electron chi connectivity index (χ0n) is 10.5. The average Bonchev–Trinajstić information content (AvgIpc) is 2.88. The molecule has 20 heavy (non-hydrogen) atoms. The lowest BCUT2D eigenvalue weighted by atomic mass is 10.2. The zero-order valence-corrected chi connectivity index (χ0v) is 10.5. The first-order chi connectivity index (χ1) is 9.66. The van der Waals surface area contributed by atoms with Crippen LogP contribution in [-0.2, 0) is 0 Å². The fourth-order valence-electron chi connectivity index (χ4n) is 1.87. The fourth-order valence-corrected chi connectivity index (χ4v) is 1.87. The molecule has 0 saturated heterocycles. The summed E-state index contributed by atoms with van der Waals surface area (Å²) in [7, 11) is 0. The number of pyridine rings is 1. The molecule has 1 aromatic carbocycles. The zero-order chi connectivity index (χ0) is 14.1. The second-order valence-electron chi connectivity index (χ2n) is 4.23. The number of phenols is 1. The van der Waals surface area contributed by atoms with Crippen LogP contribution in [0.5, 0.6) is 5.75 Å². The third kappa shape index (κ3) is 2.01. The molecule has 0 bridgehead atoms. The molecule has 100 valence electrons. The van der Waals surface area contributed by atoms with Crippen molar-refractivity contribution in [3.05, 3.63) is 47.9 Å². The second kappa shape index (κ2) is 4.73. The molecule has 2 heterocycles. The van der Waals surface area contributed by atoms with Crippen molar-refractivity contribution in [2.24, 2.45) is 0 Å². The van der Waals surface area contributed by atoms with Gasteiger partial charge in [-0.2, -0.15) is 4.98 Å². The van der Waals surface area contributed by atoms with Gasteiger partial charge < -0.3 is 9.63 Å². The van der Waals surface area contributed by atoms with Crippen molar-refractivity contribution in [1.29, 1.82) is 0 Å². The lowest BCUT2D eigenvalue weighted by Gasteiger charge is -1.99. The Morgan fingerprint density at radius 3 is 2.80 bits per heavy atom. The molecular formula is C14H10FN3O2. The van der Waals surface area contributed by atoms with Gasteiger partial charge >= 0.3 is 0 Å². The molecule has 3 rings (SSSR count). The van der Waals surface area contributed by atoms with Gasteiger partial charge in [0, 0.05) is 6.20 Å². The Balaban J connectivity index is 2.10. The van der Waals surface area contributed by atoms with Crippen LogP contribution < -0.4 is 0 Å². The number of hydrogen-bond acceptors (Lipinski definition) is 5. The predicted molar refractivity (Wildman–Crippen MR) is 69.3 cm³/mol. The number of aryl methyl sites for hydroxylation is 1. The summed E-state index contributed by atoms with van der Waals surface area (Å²) in [6.07, 6.45) is 1.61. The summed E-state index contributed by atoms with van der Waals surface area (Å²) in [6.45, 7) is 1.86. The molecule has 0 aliphatic heterocycles. The highest BCUT2D eigenvalue weighted by molar-refractivity contribution is 5.65. The normalized spacial score (nSPS) is 10.7. The second-order valence-corrected chi connectivity index (χ2v) is 4.23. The van der Waals surface area contributed by atoms with E-state index in [4.69, 9.17) is 4.52 Å². The lowest BCUT2D eigenvalue weighted by molar-refractivity contribution is 0.421. The summed E-state index contributed by atoms with van der Waals surface area (Å²) >= 11 is 0. The van der Waals surface area contributed by atoms with Crippen molar-refractivity contribution >= 4 is 0 Å². The number of aromatic hydroxyl groups is 1. The number of phenolic OH excluding ortho intramolecular Hbond substituents is 1. The highest BCUT2D eigenvalue weighted by atomic mass is 19.1. The summed E-state index contributed by atoms with van der Waals surface area (Å²) in [4.78, 5) is 8.25. The van der Waals surface area contributed by atoms with Crippen molar-refractivity contribution in [2.45, 2.75) is 6.92 Å². The van der Waals surface area contributed by atoms with E-state index in [9.17, 15) is 9.50 Å². The van der Waals surface area contributed by atoms with Crippen LogP contribution in [0.4, 0.5) is 4.39 Å². The molecule has 6 heteroatoms. The van der Waals surface area contributed by atoms with Crippen LogP contribution in [-0.4, -0.2) is 20.2 Å². The summed E-state index contributed by atoms with van der Waals surface area (Å²) in [5.74, 6) is -0.711. The number of hydrogen-bond donors (Lipinski definition) is 1. The van der Waals surface area contributed by atoms with Crippen molar-refractivity contribution < 1.29 is 14.0 Å². The minimum atomic E-state index is -0.627. The molecule has 0 saturated carbocycles. The van der Waals surface area contributed by atoms with Crippen molar-refractivity contribution in [1.82, 2.24) is 15.1 Å². The van der Waals surface area contributed by atoms with Crippen molar-refractivity contribution in [2.75, 3.05) is 0 Å². The number of rotatable bonds is 2. The van der Waals surface area contributed by atoms with E-state index in [1.165, 1.54) is 18.2 Å². The number of aromatic nitrogens is 3. The van der Waals surface area contributed by atoms with Crippen LogP contribution in [0, 0.1) is 12.7 Å². The van der Waals surface area contributed by atoms with Crippen LogP contribution in [0.1, 0.15) is 5.56 Å². The van der Waals surface area contributed by atoms with Gasteiger partial charge in [-0.15, -0.1) is 0 Å². The highest BCUT2D eigenvalue weighted by Crippen LogP contribution is 2.31. The topological polar surface area (TPSA) is 72.0 Å². The number of halogens is 1. The molecule has 0 fully saturated rings. The van der Waals surface area contributed by atoms with E-state index < -0.39 is 5.82 Å². The van der Waals surface area contributed by atoms with Gasteiger partial charge in [-0.1, -0.05) is 17.3 Å². The maximum atomic E-state index is 13.7. The van der Waals surface area contributed by atoms with Gasteiger partial charge in [0.15, 0.2) is 0 Å². The van der Waals surface area contributed by atoms with E-state index in [0.717, 1.165) is 5.56 Å². The average molecular weight is 271 g/mol. The third-order valence-electron chi connectivity index (χ3n) is 2.85. The first-order valence-electron chi connectivity index (χ1n) is 5.90. The summed E-state index contributed by atoms with van der Waals surface area (Å²) in [5.41, 5.74) is 1.32. The van der Waals surface area contributed by atoms with Crippen LogP contribution in [0.15, 0.2) is 41.1 Å². The Morgan fingerprint density at radius 2 is 2.05 bits per heavy atom. The van der Waals surface area contributed by atoms with E-state index in [2.05, 4.69) is 15.1 Å². The molecule has 0 spiro atoms. The Kier molecular flexibility index (Phi) is 2.90. The van der Waals surface area contributed by atoms with Gasteiger partial charge in [-0.3, -0.25) is 4.98 Å². The molecule has 0 amide bonds. The van der Waals surface area contributed by atoms with Gasteiger partial charge in [0.25, 0.3) is 5.89 Å². The standard InChI is InChI=1S/C14H10FN3O2/c1-8-4-3-7-16-12(8)13-17-14(20-18-13)11-9(15)5-2-6-10(11)19/h2-7,19H,1H3. The predicted octanol–water partition coefficient (Wildman–Crippen LogP) is 2.95. The van der Waals surface area contributed by atoms with Gasteiger partial charge in [0.05, 0.1) is 0 Å². The van der Waals surface area contributed by atoms with Gasteiger partial charge in [-0.05, 0) is 30.7 Å². The Labute approximate surface area is 113 Å². The highest BCUT2D eigenvalue weighted by Gasteiger charge is 2.19. The monoisotopic (exact) mass is 271 g/mol. The van der Waals surface area contributed by atoms with Crippen molar-refractivity contribution in [3.8, 4) is 28.7 Å². The molecule has 2 aromatic heterocycles. The molecule has 0 atom stereocenters. The molecule has 0 aliphatic carbocycles. The maximum absolute atomic E-state index is 13.7. The minimum Gasteiger partial charge on any atom is -0.507 e. The first kappa shape index (κ1) is 12.3. The fraction of sp³-hybridized carbons (Fsp3) is 0.0714. The number of benzene rings is 1. The van der Waals surface area contributed by atoms with Crippen LogP contribution in [0.3, 0.4) is 0 Å². The maximum Gasteiger partial charge on any atom is 0.265 e. The molecule has 3 aromatic rings. The van der Waals surface area contributed by atoms with E-state index in [0.29, 0.717) is 5.69 Å². The van der Waals surface area contributed by atoms with Crippen LogP contribution in [0.25, 0.3) is 23.0 Å². The van der Waals surface area contributed by atoms with Crippen LogP contribution in [0.2, 0.25) is 0 Å². The smallest absolute Gasteiger partial charge is 0.265 e. The summed E-state index contributed by atoms with van der Waals surface area (Å²) < 4.78 is 18.7. The minimum absolute atomic E-state index is 0.0827. The van der Waals surface area contributed by atoms with Gasteiger partial charge in [-0.25, -0.2) is 4.39 Å². The van der Waals surface area contributed by atoms with Crippen molar-refractivity contribution in [3.63, 3.8) is 0 Å². The van der Waals surface area contributed by atoms with Gasteiger partial charge in [0.1, 0.15) is 22.8 Å². The summed E-state index contributed by atoms with van der Waals surface area (Å²) in [5, 5.41) is 13.5. The number of nitrogens with zero attached hydrogens (tertiary/aromatic N) is 3. The van der Waals surface area contributed by atoms with E-state index >= 15 is 0 Å². The van der Waals surface area contributed by atoms with E-state index in [-0.39, 0.29) is 23.0 Å². The summed E-state index contributed by atoms with van der Waals surface area (Å²) in [6, 6.07) is 7.62. The molecule has 0 unspecified atom stereocenters. The molecule has 0 radical (unpaired) electrons. The van der Waals surface area contributed by atoms with Gasteiger partial charge in [0.2, 0.25) is 5.82 Å². The molecular weight excluding hydrogens is 261 g/mol. The first-order valence-corrected chi connectivity index (χ1v) is 5.90. The Morgan fingerprint density at radius 1 is 1.20 bits per heavy atom.